The lowest BCUT2D eigenvalue weighted by molar-refractivity contribution is -0.125. The third-order valence-electron chi connectivity index (χ3n) is 4.35. The van der Waals surface area contributed by atoms with Crippen molar-refractivity contribution in [2.75, 3.05) is 20.1 Å². The molecule has 0 atom stereocenters. The van der Waals surface area contributed by atoms with Gasteiger partial charge in [0.1, 0.15) is 5.60 Å². The first kappa shape index (κ1) is 16.5. The van der Waals surface area contributed by atoms with Crippen molar-refractivity contribution in [3.63, 3.8) is 0 Å². The predicted molar refractivity (Wildman–Crippen MR) is 84.7 cm³/mol. The molecular weight excluding hydrogens is 282 g/mol. The van der Waals surface area contributed by atoms with Crippen molar-refractivity contribution in [3.05, 3.63) is 11.8 Å². The number of piperidine rings is 1. The number of carbonyl (C=O) groups excluding carboxylic acids is 2. The number of rotatable bonds is 0. The van der Waals surface area contributed by atoms with Crippen LogP contribution in [0.1, 0.15) is 40.0 Å². The molecule has 0 radical (unpaired) electrons. The topological polar surface area (TPSA) is 85.0 Å². The van der Waals surface area contributed by atoms with Crippen LogP contribution in [0.25, 0.3) is 0 Å². The second-order valence-corrected chi connectivity index (χ2v) is 7.00. The molecule has 1 saturated carbocycles. The summed E-state index contributed by atoms with van der Waals surface area (Å²) in [6.45, 7) is 6.59. The van der Waals surface area contributed by atoms with Gasteiger partial charge in [-0.05, 0) is 33.6 Å². The van der Waals surface area contributed by atoms with Crippen molar-refractivity contribution in [1.82, 2.24) is 4.90 Å². The summed E-state index contributed by atoms with van der Waals surface area (Å²) in [4.78, 5) is 30.6. The summed E-state index contributed by atoms with van der Waals surface area (Å²) in [5, 5.41) is 0. The van der Waals surface area contributed by atoms with Gasteiger partial charge in [0.15, 0.2) is 5.78 Å². The smallest absolute Gasteiger partial charge is 0.410 e. The molecule has 1 heterocycles. The number of hydrogen-bond donors (Lipinski definition) is 1. The van der Waals surface area contributed by atoms with Crippen molar-refractivity contribution >= 4 is 17.6 Å². The number of nitrogens with two attached hydrogens (primary N) is 1. The van der Waals surface area contributed by atoms with E-state index in [4.69, 9.17) is 10.5 Å². The number of carbonyl (C=O) groups is 2. The van der Waals surface area contributed by atoms with Gasteiger partial charge in [-0.1, -0.05) is 0 Å². The number of aliphatic imine (C=N–C) groups is 1. The molecule has 1 spiro atoms. The van der Waals surface area contributed by atoms with Crippen molar-refractivity contribution < 1.29 is 14.3 Å². The van der Waals surface area contributed by atoms with Gasteiger partial charge in [-0.15, -0.1) is 0 Å². The number of likely N-dealkylation sites (tertiary alicyclic amines) is 1. The molecule has 0 aromatic rings. The van der Waals surface area contributed by atoms with Crippen LogP contribution < -0.4 is 5.73 Å². The van der Waals surface area contributed by atoms with E-state index < -0.39 is 11.0 Å². The molecule has 0 aromatic carbocycles. The molecule has 122 valence electrons. The monoisotopic (exact) mass is 307 g/mol. The average Bonchev–Trinajstić information content (AvgIpc) is 2.70. The number of allylic oxidation sites excluding steroid dienone is 1. The highest BCUT2D eigenvalue weighted by atomic mass is 16.6. The van der Waals surface area contributed by atoms with Crippen molar-refractivity contribution in [2.24, 2.45) is 16.1 Å². The lowest BCUT2D eigenvalue weighted by Gasteiger charge is -2.38. The van der Waals surface area contributed by atoms with Gasteiger partial charge in [-0.25, -0.2) is 4.79 Å². The molecule has 1 aliphatic carbocycles. The maximum Gasteiger partial charge on any atom is 0.410 e. The zero-order valence-electron chi connectivity index (χ0n) is 13.8. The van der Waals surface area contributed by atoms with Gasteiger partial charge in [0, 0.05) is 43.9 Å². The van der Waals surface area contributed by atoms with E-state index in [-0.39, 0.29) is 11.9 Å². The van der Waals surface area contributed by atoms with Crippen molar-refractivity contribution in [2.45, 2.75) is 45.6 Å². The molecule has 1 saturated heterocycles. The fraction of sp³-hybridized carbons (Fsp3) is 0.688. The molecule has 2 fully saturated rings. The first-order valence-electron chi connectivity index (χ1n) is 7.63. The molecule has 0 bridgehead atoms. The summed E-state index contributed by atoms with van der Waals surface area (Å²) in [5.41, 5.74) is 5.94. The molecule has 2 N–H and O–H groups in total. The van der Waals surface area contributed by atoms with Crippen LogP contribution in [0.2, 0.25) is 0 Å². The van der Waals surface area contributed by atoms with Gasteiger partial charge in [0.2, 0.25) is 0 Å². The van der Waals surface area contributed by atoms with Gasteiger partial charge < -0.3 is 15.4 Å². The minimum atomic E-state index is -0.507. The van der Waals surface area contributed by atoms with E-state index >= 15 is 0 Å². The summed E-state index contributed by atoms with van der Waals surface area (Å²) < 4.78 is 5.39. The van der Waals surface area contributed by atoms with Crippen molar-refractivity contribution in [3.8, 4) is 0 Å². The third-order valence-corrected chi connectivity index (χ3v) is 4.35. The first-order chi connectivity index (χ1) is 10.2. The molecule has 2 aliphatic rings. The summed E-state index contributed by atoms with van der Waals surface area (Å²) >= 11 is 0. The summed E-state index contributed by atoms with van der Waals surface area (Å²) in [6, 6.07) is 0. The highest BCUT2D eigenvalue weighted by Crippen LogP contribution is 2.44. The van der Waals surface area contributed by atoms with Crippen LogP contribution in [0, 0.1) is 5.41 Å². The Kier molecular flexibility index (Phi) is 4.31. The van der Waals surface area contributed by atoms with E-state index in [1.165, 1.54) is 6.20 Å². The Morgan fingerprint density at radius 1 is 1.36 bits per heavy atom. The maximum absolute atomic E-state index is 12.6. The minimum absolute atomic E-state index is 0.0689. The van der Waals surface area contributed by atoms with Crippen LogP contribution in [0.5, 0.6) is 0 Å². The third kappa shape index (κ3) is 3.00. The van der Waals surface area contributed by atoms with Gasteiger partial charge in [0.25, 0.3) is 0 Å². The van der Waals surface area contributed by atoms with Gasteiger partial charge in [-0.3, -0.25) is 9.79 Å². The van der Waals surface area contributed by atoms with Crippen LogP contribution in [0.3, 0.4) is 0 Å². The summed E-state index contributed by atoms with van der Waals surface area (Å²) in [5.74, 6) is 0.0689. The van der Waals surface area contributed by atoms with E-state index in [2.05, 4.69) is 4.99 Å². The predicted octanol–water partition coefficient (Wildman–Crippen LogP) is 1.89. The molecule has 6 nitrogen and oxygen atoms in total. The number of Topliss-reactive ketones (excluding diaryl/α,β-unsaturated/α-hetero) is 1. The quantitative estimate of drug-likeness (QED) is 0.693. The Morgan fingerprint density at radius 2 is 1.95 bits per heavy atom. The zero-order chi connectivity index (χ0) is 16.5. The Bertz CT molecular complexity index is 535. The fourth-order valence-electron chi connectivity index (χ4n) is 3.13. The van der Waals surface area contributed by atoms with Gasteiger partial charge in [0.05, 0.1) is 5.57 Å². The number of hydrogen-bond acceptors (Lipinski definition) is 5. The Labute approximate surface area is 131 Å². The van der Waals surface area contributed by atoms with Gasteiger partial charge >= 0.3 is 6.09 Å². The second-order valence-electron chi connectivity index (χ2n) is 7.00. The molecular formula is C16H25N3O3. The standard InChI is InChI=1S/C16H25N3O3/c1-15(2,3)22-14(21)19-7-5-16(6-8-19)9-12(18-4)11(10-17)13(16)20/h10H,5-9,17H2,1-4H3. The van der Waals surface area contributed by atoms with E-state index in [1.54, 1.807) is 11.9 Å². The van der Waals surface area contributed by atoms with E-state index in [9.17, 15) is 9.59 Å². The molecule has 22 heavy (non-hydrogen) atoms. The number of amides is 1. The van der Waals surface area contributed by atoms with Crippen LogP contribution in [0.4, 0.5) is 4.79 Å². The van der Waals surface area contributed by atoms with E-state index in [1.807, 2.05) is 20.8 Å². The molecule has 1 amide bonds. The number of nitrogens with zero attached hydrogens (tertiary/aromatic N) is 2. The highest BCUT2D eigenvalue weighted by molar-refractivity contribution is 6.29. The molecule has 1 aliphatic heterocycles. The van der Waals surface area contributed by atoms with E-state index in [0.29, 0.717) is 37.9 Å². The van der Waals surface area contributed by atoms with Gasteiger partial charge in [-0.2, -0.15) is 0 Å². The minimum Gasteiger partial charge on any atom is -0.444 e. The van der Waals surface area contributed by atoms with E-state index in [0.717, 1.165) is 5.71 Å². The Hall–Kier alpha value is -1.85. The second kappa shape index (κ2) is 5.74. The Morgan fingerprint density at radius 3 is 2.36 bits per heavy atom. The molecule has 6 heteroatoms. The summed E-state index contributed by atoms with van der Waals surface area (Å²) in [7, 11) is 1.68. The average molecular weight is 307 g/mol. The van der Waals surface area contributed by atoms with Crippen LogP contribution in [0.15, 0.2) is 16.8 Å². The SMILES string of the molecule is CN=C1CC2(CCN(C(=O)OC(C)(C)C)CC2)C(=O)C1=CN. The largest absolute Gasteiger partial charge is 0.444 e. The normalized spacial score (nSPS) is 25.3. The number of ether oxygens (including phenoxy) is 1. The maximum atomic E-state index is 12.6. The molecule has 0 unspecified atom stereocenters. The molecule has 2 rings (SSSR count). The lowest BCUT2D eigenvalue weighted by Crippen LogP contribution is -2.46. The Balaban J connectivity index is 2.06. The molecule has 0 aromatic heterocycles. The lowest BCUT2D eigenvalue weighted by atomic mass is 9.76. The van der Waals surface area contributed by atoms with Crippen LogP contribution >= 0.6 is 0 Å². The van der Waals surface area contributed by atoms with Crippen molar-refractivity contribution in [1.29, 1.82) is 0 Å². The number of ketones is 1. The highest BCUT2D eigenvalue weighted by Gasteiger charge is 2.50. The zero-order valence-corrected chi connectivity index (χ0v) is 13.8. The fourth-order valence-corrected chi connectivity index (χ4v) is 3.13. The first-order valence-corrected chi connectivity index (χ1v) is 7.63. The van der Waals surface area contributed by atoms with Crippen LogP contribution in [-0.4, -0.2) is 48.2 Å². The van der Waals surface area contributed by atoms with Crippen LogP contribution in [-0.2, 0) is 9.53 Å². The summed E-state index contributed by atoms with van der Waals surface area (Å²) in [6.07, 6.45) is 2.92.